The Labute approximate surface area is 110 Å². The summed E-state index contributed by atoms with van der Waals surface area (Å²) in [5.41, 5.74) is 7.22. The molecule has 18 heavy (non-hydrogen) atoms. The van der Waals surface area contributed by atoms with Gasteiger partial charge in [-0.3, -0.25) is 0 Å². The number of hydrogen-bond acceptors (Lipinski definition) is 5. The van der Waals surface area contributed by atoms with Crippen molar-refractivity contribution in [3.05, 3.63) is 22.7 Å². The molecule has 2 N–H and O–H groups in total. The molecule has 0 aromatic heterocycles. The van der Waals surface area contributed by atoms with Crippen molar-refractivity contribution in [3.8, 4) is 0 Å². The second-order valence-electron chi connectivity index (χ2n) is 3.99. The van der Waals surface area contributed by atoms with Crippen LogP contribution in [0.15, 0.2) is 12.1 Å². The van der Waals surface area contributed by atoms with Crippen LogP contribution >= 0.6 is 11.6 Å². The summed E-state index contributed by atoms with van der Waals surface area (Å²) in [5.74, 6) is -0.439. The van der Waals surface area contributed by atoms with Gasteiger partial charge < -0.3 is 20.1 Å². The van der Waals surface area contributed by atoms with Gasteiger partial charge in [0.15, 0.2) is 0 Å². The first-order chi connectivity index (χ1) is 8.63. The number of benzene rings is 1. The first-order valence-electron chi connectivity index (χ1n) is 5.63. The van der Waals surface area contributed by atoms with Gasteiger partial charge in [0.1, 0.15) is 0 Å². The number of nitrogen functional groups attached to an aromatic ring is 1. The average Bonchev–Trinajstić information content (AvgIpc) is 2.38. The number of ether oxygens (including phenoxy) is 2. The van der Waals surface area contributed by atoms with Gasteiger partial charge in [-0.25, -0.2) is 4.79 Å². The summed E-state index contributed by atoms with van der Waals surface area (Å²) in [5, 5.41) is 0.456. The molecule has 5 nitrogen and oxygen atoms in total. The highest BCUT2D eigenvalue weighted by Gasteiger charge is 2.22. The predicted octanol–water partition coefficient (Wildman–Crippen LogP) is 1.55. The molecular formula is C12H15ClN2O3. The molecule has 98 valence electrons. The molecule has 1 heterocycles. The van der Waals surface area contributed by atoms with E-state index < -0.39 is 5.97 Å². The number of anilines is 2. The van der Waals surface area contributed by atoms with E-state index >= 15 is 0 Å². The number of esters is 1. The van der Waals surface area contributed by atoms with E-state index in [0.717, 1.165) is 0 Å². The second-order valence-corrected chi connectivity index (χ2v) is 4.40. The quantitative estimate of drug-likeness (QED) is 0.652. The molecule has 2 rings (SSSR count). The molecule has 0 amide bonds. The van der Waals surface area contributed by atoms with Crippen molar-refractivity contribution in [1.82, 2.24) is 0 Å². The lowest BCUT2D eigenvalue weighted by Crippen LogP contribution is -2.37. The van der Waals surface area contributed by atoms with Crippen molar-refractivity contribution in [1.29, 1.82) is 0 Å². The van der Waals surface area contributed by atoms with E-state index in [9.17, 15) is 4.79 Å². The number of nitrogens with zero attached hydrogens (tertiary/aromatic N) is 1. The third kappa shape index (κ3) is 2.52. The molecular weight excluding hydrogens is 256 g/mol. The van der Waals surface area contributed by atoms with Crippen molar-refractivity contribution in [2.24, 2.45) is 0 Å². The van der Waals surface area contributed by atoms with Gasteiger partial charge in [-0.1, -0.05) is 11.6 Å². The van der Waals surface area contributed by atoms with E-state index in [1.165, 1.54) is 7.11 Å². The lowest BCUT2D eigenvalue weighted by Gasteiger charge is -2.31. The van der Waals surface area contributed by atoms with Crippen molar-refractivity contribution in [2.75, 3.05) is 44.0 Å². The fraction of sp³-hybridized carbons (Fsp3) is 0.417. The topological polar surface area (TPSA) is 64.8 Å². The molecule has 0 bridgehead atoms. The standard InChI is InChI=1S/C12H15ClN2O3/c1-17-12(16)9-6-8(14)7-10(13)11(9)15-2-4-18-5-3-15/h6-7H,2-5,14H2,1H3. The SMILES string of the molecule is COC(=O)c1cc(N)cc(Cl)c1N1CCOCC1. The molecule has 1 aliphatic rings. The van der Waals surface area contributed by atoms with Crippen molar-refractivity contribution < 1.29 is 14.3 Å². The highest BCUT2D eigenvalue weighted by atomic mass is 35.5. The second kappa shape index (κ2) is 5.46. The molecule has 0 spiro atoms. The number of halogens is 1. The summed E-state index contributed by atoms with van der Waals surface area (Å²) >= 11 is 6.20. The van der Waals surface area contributed by atoms with Crippen LogP contribution in [0.4, 0.5) is 11.4 Å². The van der Waals surface area contributed by atoms with Crippen molar-refractivity contribution in [3.63, 3.8) is 0 Å². The third-order valence-electron chi connectivity index (χ3n) is 2.82. The number of nitrogens with two attached hydrogens (primary N) is 1. The Balaban J connectivity index is 2.45. The van der Waals surface area contributed by atoms with Gasteiger partial charge in [-0.2, -0.15) is 0 Å². The summed E-state index contributed by atoms with van der Waals surface area (Å²) < 4.78 is 10.1. The largest absolute Gasteiger partial charge is 0.465 e. The van der Waals surface area contributed by atoms with Gasteiger partial charge in [0.05, 0.1) is 36.6 Å². The van der Waals surface area contributed by atoms with Crippen LogP contribution in [0.2, 0.25) is 5.02 Å². The number of rotatable bonds is 2. The van der Waals surface area contributed by atoms with Crippen LogP contribution < -0.4 is 10.6 Å². The minimum absolute atomic E-state index is 0.393. The maximum Gasteiger partial charge on any atom is 0.340 e. The van der Waals surface area contributed by atoms with E-state index in [0.29, 0.717) is 48.3 Å². The molecule has 1 aromatic rings. The van der Waals surface area contributed by atoms with E-state index in [1.807, 2.05) is 4.90 Å². The Kier molecular flexibility index (Phi) is 3.93. The first-order valence-corrected chi connectivity index (χ1v) is 6.01. The Bertz CT molecular complexity index is 459. The van der Waals surface area contributed by atoms with Gasteiger partial charge >= 0.3 is 5.97 Å². The highest BCUT2D eigenvalue weighted by molar-refractivity contribution is 6.34. The Morgan fingerprint density at radius 2 is 2.11 bits per heavy atom. The predicted molar refractivity (Wildman–Crippen MR) is 70.2 cm³/mol. The number of methoxy groups -OCH3 is 1. The van der Waals surface area contributed by atoms with Crippen LogP contribution in [-0.4, -0.2) is 39.4 Å². The molecule has 1 saturated heterocycles. The molecule has 0 atom stereocenters. The smallest absolute Gasteiger partial charge is 0.340 e. The van der Waals surface area contributed by atoms with E-state index in [4.69, 9.17) is 26.8 Å². The lowest BCUT2D eigenvalue weighted by atomic mass is 10.1. The average molecular weight is 271 g/mol. The summed E-state index contributed by atoms with van der Waals surface area (Å²) in [6.45, 7) is 2.60. The highest BCUT2D eigenvalue weighted by Crippen LogP contribution is 2.33. The maximum atomic E-state index is 11.8. The monoisotopic (exact) mass is 270 g/mol. The van der Waals surface area contributed by atoms with Crippen LogP contribution in [0.1, 0.15) is 10.4 Å². The zero-order valence-corrected chi connectivity index (χ0v) is 10.9. The van der Waals surface area contributed by atoms with Crippen LogP contribution in [0.25, 0.3) is 0 Å². The van der Waals surface area contributed by atoms with Crippen LogP contribution in [0, 0.1) is 0 Å². The zero-order chi connectivity index (χ0) is 13.1. The number of carbonyl (C=O) groups excluding carboxylic acids is 1. The molecule has 0 unspecified atom stereocenters. The molecule has 0 radical (unpaired) electrons. The van der Waals surface area contributed by atoms with Crippen molar-refractivity contribution >= 4 is 28.9 Å². The summed E-state index contributed by atoms with van der Waals surface area (Å²) in [4.78, 5) is 13.8. The van der Waals surface area contributed by atoms with E-state index in [2.05, 4.69) is 0 Å². The number of hydrogen-bond donors (Lipinski definition) is 1. The van der Waals surface area contributed by atoms with Gasteiger partial charge in [-0.15, -0.1) is 0 Å². The molecule has 1 aliphatic heterocycles. The van der Waals surface area contributed by atoms with Crippen LogP contribution in [0.5, 0.6) is 0 Å². The summed E-state index contributed by atoms with van der Waals surface area (Å²) in [6.07, 6.45) is 0. The van der Waals surface area contributed by atoms with Crippen LogP contribution in [-0.2, 0) is 9.47 Å². The number of morpholine rings is 1. The molecule has 6 heteroatoms. The summed E-state index contributed by atoms with van der Waals surface area (Å²) in [6, 6.07) is 3.22. The Hall–Kier alpha value is -1.46. The summed E-state index contributed by atoms with van der Waals surface area (Å²) in [7, 11) is 1.34. The third-order valence-corrected chi connectivity index (χ3v) is 3.11. The fourth-order valence-corrected chi connectivity index (χ4v) is 2.34. The van der Waals surface area contributed by atoms with Gasteiger partial charge in [0.2, 0.25) is 0 Å². The molecule has 0 aliphatic carbocycles. The van der Waals surface area contributed by atoms with Crippen molar-refractivity contribution in [2.45, 2.75) is 0 Å². The van der Waals surface area contributed by atoms with Gasteiger partial charge in [0, 0.05) is 18.8 Å². The van der Waals surface area contributed by atoms with Gasteiger partial charge in [0.25, 0.3) is 0 Å². The molecule has 1 aromatic carbocycles. The van der Waals surface area contributed by atoms with Gasteiger partial charge in [-0.05, 0) is 12.1 Å². The fourth-order valence-electron chi connectivity index (χ4n) is 1.99. The normalized spacial score (nSPS) is 15.6. The van der Waals surface area contributed by atoms with E-state index in [-0.39, 0.29) is 0 Å². The Morgan fingerprint density at radius 3 is 2.72 bits per heavy atom. The Morgan fingerprint density at radius 1 is 1.44 bits per heavy atom. The maximum absolute atomic E-state index is 11.8. The molecule has 1 fully saturated rings. The minimum Gasteiger partial charge on any atom is -0.465 e. The first kappa shape index (κ1) is 13.0. The zero-order valence-electron chi connectivity index (χ0n) is 10.1. The lowest BCUT2D eigenvalue weighted by molar-refractivity contribution is 0.0600. The van der Waals surface area contributed by atoms with Crippen LogP contribution in [0.3, 0.4) is 0 Å². The molecule has 0 saturated carbocycles. The number of carbonyl (C=O) groups is 1. The minimum atomic E-state index is -0.439. The van der Waals surface area contributed by atoms with E-state index in [1.54, 1.807) is 12.1 Å².